The van der Waals surface area contributed by atoms with Crippen LogP contribution in [0, 0.1) is 0 Å². The minimum Gasteiger partial charge on any atom is -0.369 e. The molecule has 1 amide bonds. The standard InChI is InChI=1S/C28H38N6O2/c1-4-5-9-16-34-28(36)33(21-29-34)25-14-12-24(13-15-25)31-17-19-32(20-18-31)26(27(35)30-22(2)3)23-10-7-6-8-11-23/h6-8,10-15,21-22,26H,4-5,9,16-20H2,1-3H3,(H,30,35). The Bertz CT molecular complexity index is 1160. The van der Waals surface area contributed by atoms with E-state index in [-0.39, 0.29) is 23.7 Å². The number of rotatable bonds is 10. The van der Waals surface area contributed by atoms with Gasteiger partial charge in [-0.2, -0.15) is 5.10 Å². The highest BCUT2D eigenvalue weighted by atomic mass is 16.2. The number of hydrogen-bond donors (Lipinski definition) is 1. The molecule has 0 radical (unpaired) electrons. The molecule has 1 fully saturated rings. The van der Waals surface area contributed by atoms with Gasteiger partial charge in [0.1, 0.15) is 12.4 Å². The first-order chi connectivity index (χ1) is 17.5. The number of unbranched alkanes of at least 4 members (excludes halogenated alkanes) is 2. The third-order valence-electron chi connectivity index (χ3n) is 6.67. The minimum absolute atomic E-state index is 0.0506. The van der Waals surface area contributed by atoms with Crippen molar-refractivity contribution >= 4 is 11.6 Å². The first-order valence-electron chi connectivity index (χ1n) is 13.1. The molecule has 1 aliphatic heterocycles. The van der Waals surface area contributed by atoms with E-state index in [1.165, 1.54) is 0 Å². The summed E-state index contributed by atoms with van der Waals surface area (Å²) in [5, 5.41) is 7.37. The normalized spacial score (nSPS) is 15.3. The van der Waals surface area contributed by atoms with E-state index in [9.17, 15) is 9.59 Å². The molecule has 0 spiro atoms. The van der Waals surface area contributed by atoms with Gasteiger partial charge >= 0.3 is 5.69 Å². The van der Waals surface area contributed by atoms with Gasteiger partial charge in [0.2, 0.25) is 5.91 Å². The summed E-state index contributed by atoms with van der Waals surface area (Å²) in [6, 6.07) is 17.9. The van der Waals surface area contributed by atoms with Crippen LogP contribution in [-0.2, 0) is 11.3 Å². The molecule has 2 heterocycles. The third-order valence-corrected chi connectivity index (χ3v) is 6.67. The van der Waals surface area contributed by atoms with Crippen LogP contribution in [0.5, 0.6) is 0 Å². The van der Waals surface area contributed by atoms with Gasteiger partial charge in [0.25, 0.3) is 0 Å². The molecule has 8 heteroatoms. The Labute approximate surface area is 213 Å². The maximum Gasteiger partial charge on any atom is 0.350 e. The van der Waals surface area contributed by atoms with Gasteiger partial charge < -0.3 is 10.2 Å². The van der Waals surface area contributed by atoms with Crippen molar-refractivity contribution in [3.63, 3.8) is 0 Å². The van der Waals surface area contributed by atoms with Crippen LogP contribution in [0.15, 0.2) is 65.7 Å². The molecule has 0 aliphatic carbocycles. The fourth-order valence-electron chi connectivity index (χ4n) is 4.77. The zero-order valence-electron chi connectivity index (χ0n) is 21.6. The van der Waals surface area contributed by atoms with E-state index in [1.54, 1.807) is 15.6 Å². The Kier molecular flexibility index (Phi) is 8.59. The molecule has 4 rings (SSSR count). The molecule has 2 aromatic carbocycles. The molecule has 1 aliphatic rings. The molecule has 1 unspecified atom stereocenters. The lowest BCUT2D eigenvalue weighted by Crippen LogP contribution is -2.51. The fraction of sp³-hybridized carbons (Fsp3) is 0.464. The highest BCUT2D eigenvalue weighted by molar-refractivity contribution is 5.83. The summed E-state index contributed by atoms with van der Waals surface area (Å²) in [6.45, 7) is 10.0. The molecule has 3 aromatic rings. The second-order valence-electron chi connectivity index (χ2n) is 9.73. The average molecular weight is 491 g/mol. The lowest BCUT2D eigenvalue weighted by Gasteiger charge is -2.40. The molecule has 1 aromatic heterocycles. The van der Waals surface area contributed by atoms with Crippen LogP contribution < -0.4 is 15.9 Å². The Hall–Kier alpha value is -3.39. The van der Waals surface area contributed by atoms with E-state index >= 15 is 0 Å². The first kappa shape index (κ1) is 25.7. The summed E-state index contributed by atoms with van der Waals surface area (Å²) in [5.74, 6) is 0.0506. The number of amides is 1. The SMILES string of the molecule is CCCCCn1ncn(-c2ccc(N3CCN(C(C(=O)NC(C)C)c4ccccc4)CC3)cc2)c1=O. The number of hydrogen-bond acceptors (Lipinski definition) is 5. The molecular formula is C28H38N6O2. The molecule has 1 N–H and O–H groups in total. The van der Waals surface area contributed by atoms with E-state index in [2.05, 4.69) is 39.3 Å². The molecule has 0 saturated carbocycles. The molecule has 1 saturated heterocycles. The molecule has 1 atom stereocenters. The van der Waals surface area contributed by atoms with Crippen molar-refractivity contribution in [2.45, 2.75) is 58.7 Å². The van der Waals surface area contributed by atoms with Gasteiger partial charge in [-0.05, 0) is 50.1 Å². The van der Waals surface area contributed by atoms with Gasteiger partial charge in [0.15, 0.2) is 0 Å². The second-order valence-corrected chi connectivity index (χ2v) is 9.73. The summed E-state index contributed by atoms with van der Waals surface area (Å²) in [5.41, 5.74) is 2.86. The monoisotopic (exact) mass is 490 g/mol. The third kappa shape index (κ3) is 6.05. The number of carbonyl (C=O) groups is 1. The predicted molar refractivity (Wildman–Crippen MR) is 144 cm³/mol. The summed E-state index contributed by atoms with van der Waals surface area (Å²) >= 11 is 0. The average Bonchev–Trinajstić information content (AvgIpc) is 3.25. The summed E-state index contributed by atoms with van der Waals surface area (Å²) in [7, 11) is 0. The van der Waals surface area contributed by atoms with Crippen molar-refractivity contribution in [2.24, 2.45) is 0 Å². The number of aromatic nitrogens is 3. The molecule has 36 heavy (non-hydrogen) atoms. The van der Waals surface area contributed by atoms with Crippen molar-refractivity contribution in [2.75, 3.05) is 31.1 Å². The Morgan fingerprint density at radius 2 is 1.61 bits per heavy atom. The highest BCUT2D eigenvalue weighted by Gasteiger charge is 2.30. The number of benzene rings is 2. The van der Waals surface area contributed by atoms with Gasteiger partial charge in [-0.1, -0.05) is 50.1 Å². The maximum atomic E-state index is 13.1. The van der Waals surface area contributed by atoms with Crippen LogP contribution in [0.25, 0.3) is 5.69 Å². The van der Waals surface area contributed by atoms with Crippen LogP contribution in [-0.4, -0.2) is 57.4 Å². The predicted octanol–water partition coefficient (Wildman–Crippen LogP) is 3.61. The van der Waals surface area contributed by atoms with Gasteiger partial charge in [0, 0.05) is 44.5 Å². The summed E-state index contributed by atoms with van der Waals surface area (Å²) < 4.78 is 3.15. The number of piperazine rings is 1. The lowest BCUT2D eigenvalue weighted by atomic mass is 10.0. The molecule has 8 nitrogen and oxygen atoms in total. The van der Waals surface area contributed by atoms with E-state index in [4.69, 9.17) is 0 Å². The van der Waals surface area contributed by atoms with E-state index < -0.39 is 0 Å². The van der Waals surface area contributed by atoms with Crippen LogP contribution in [0.1, 0.15) is 51.6 Å². The zero-order valence-corrected chi connectivity index (χ0v) is 21.6. The number of carbonyl (C=O) groups excluding carboxylic acids is 1. The number of nitrogens with one attached hydrogen (secondary N) is 1. The molecular weight excluding hydrogens is 452 g/mol. The van der Waals surface area contributed by atoms with Crippen LogP contribution in [0.4, 0.5) is 5.69 Å². The number of aryl methyl sites for hydroxylation is 1. The van der Waals surface area contributed by atoms with Crippen molar-refractivity contribution in [1.29, 1.82) is 0 Å². The Balaban J connectivity index is 1.41. The lowest BCUT2D eigenvalue weighted by molar-refractivity contribution is -0.127. The van der Waals surface area contributed by atoms with Crippen LogP contribution in [0.2, 0.25) is 0 Å². The van der Waals surface area contributed by atoms with E-state index in [1.807, 2.05) is 56.3 Å². The highest BCUT2D eigenvalue weighted by Crippen LogP contribution is 2.25. The van der Waals surface area contributed by atoms with E-state index in [0.29, 0.717) is 6.54 Å². The largest absolute Gasteiger partial charge is 0.369 e. The summed E-state index contributed by atoms with van der Waals surface area (Å²) in [4.78, 5) is 30.4. The second kappa shape index (κ2) is 12.0. The quantitative estimate of drug-likeness (QED) is 0.440. The first-order valence-corrected chi connectivity index (χ1v) is 13.1. The zero-order chi connectivity index (χ0) is 25.5. The van der Waals surface area contributed by atoms with Gasteiger partial charge in [-0.15, -0.1) is 0 Å². The van der Waals surface area contributed by atoms with Gasteiger partial charge in [-0.25, -0.2) is 14.0 Å². The van der Waals surface area contributed by atoms with Crippen molar-refractivity contribution < 1.29 is 4.79 Å². The maximum absolute atomic E-state index is 13.1. The topological polar surface area (TPSA) is 75.4 Å². The summed E-state index contributed by atoms with van der Waals surface area (Å²) in [6.07, 6.45) is 4.77. The fourth-order valence-corrected chi connectivity index (χ4v) is 4.77. The van der Waals surface area contributed by atoms with E-state index in [0.717, 1.165) is 62.4 Å². The van der Waals surface area contributed by atoms with Gasteiger partial charge in [-0.3, -0.25) is 9.69 Å². The van der Waals surface area contributed by atoms with Crippen molar-refractivity contribution in [3.05, 3.63) is 77.0 Å². The Morgan fingerprint density at radius 1 is 0.944 bits per heavy atom. The van der Waals surface area contributed by atoms with Gasteiger partial charge in [0.05, 0.1) is 5.69 Å². The molecule has 0 bridgehead atoms. The minimum atomic E-state index is -0.293. The number of anilines is 1. The van der Waals surface area contributed by atoms with Crippen LogP contribution in [0.3, 0.4) is 0 Å². The Morgan fingerprint density at radius 3 is 2.25 bits per heavy atom. The van der Waals surface area contributed by atoms with Crippen molar-refractivity contribution in [3.8, 4) is 5.69 Å². The number of nitrogens with zero attached hydrogens (tertiary/aromatic N) is 5. The smallest absolute Gasteiger partial charge is 0.350 e. The van der Waals surface area contributed by atoms with Crippen molar-refractivity contribution in [1.82, 2.24) is 24.6 Å². The van der Waals surface area contributed by atoms with Crippen LogP contribution >= 0.6 is 0 Å². The molecule has 192 valence electrons.